The van der Waals surface area contributed by atoms with Crippen molar-refractivity contribution in [2.45, 2.75) is 6.54 Å². The van der Waals surface area contributed by atoms with Crippen LogP contribution in [0, 0.1) is 0 Å². The molecule has 1 heterocycles. The summed E-state index contributed by atoms with van der Waals surface area (Å²) in [6.07, 6.45) is 1.56. The Morgan fingerprint density at radius 1 is 1.33 bits per heavy atom. The van der Waals surface area contributed by atoms with Crippen LogP contribution < -0.4 is 10.1 Å². The summed E-state index contributed by atoms with van der Waals surface area (Å²) in [5.41, 5.74) is 1.67. The van der Waals surface area contributed by atoms with Gasteiger partial charge in [0.2, 0.25) is 5.88 Å². The van der Waals surface area contributed by atoms with Crippen LogP contribution in [0.2, 0.25) is 0 Å². The van der Waals surface area contributed by atoms with Gasteiger partial charge in [-0.25, -0.2) is 9.78 Å². The van der Waals surface area contributed by atoms with Crippen molar-refractivity contribution in [2.75, 3.05) is 19.5 Å². The second-order valence-corrected chi connectivity index (χ2v) is 5.32. The highest BCUT2D eigenvalue weighted by Crippen LogP contribution is 2.18. The SMILES string of the molecule is COc1ccc(NC(=O)N(C)Cc2ccccc2Br)cn1. The second kappa shape index (κ2) is 7.08. The zero-order chi connectivity index (χ0) is 15.2. The Morgan fingerprint density at radius 2 is 2.10 bits per heavy atom. The van der Waals surface area contributed by atoms with E-state index >= 15 is 0 Å². The largest absolute Gasteiger partial charge is 0.481 e. The van der Waals surface area contributed by atoms with Crippen LogP contribution in [-0.4, -0.2) is 30.1 Å². The number of rotatable bonds is 4. The molecule has 0 aliphatic heterocycles. The normalized spacial score (nSPS) is 10.0. The lowest BCUT2D eigenvalue weighted by Crippen LogP contribution is -2.30. The number of nitrogens with zero attached hydrogens (tertiary/aromatic N) is 2. The van der Waals surface area contributed by atoms with Gasteiger partial charge in [0.15, 0.2) is 0 Å². The van der Waals surface area contributed by atoms with E-state index in [1.807, 2.05) is 24.3 Å². The number of methoxy groups -OCH3 is 1. The molecule has 2 amide bonds. The van der Waals surface area contributed by atoms with Gasteiger partial charge in [0.1, 0.15) is 0 Å². The van der Waals surface area contributed by atoms with Gasteiger partial charge < -0.3 is 15.0 Å². The molecule has 110 valence electrons. The third-order valence-corrected chi connectivity index (χ3v) is 3.68. The number of hydrogen-bond acceptors (Lipinski definition) is 3. The molecule has 5 nitrogen and oxygen atoms in total. The van der Waals surface area contributed by atoms with Gasteiger partial charge in [-0.3, -0.25) is 0 Å². The smallest absolute Gasteiger partial charge is 0.321 e. The first-order valence-corrected chi connectivity index (χ1v) is 7.15. The van der Waals surface area contributed by atoms with Crippen molar-refractivity contribution in [3.8, 4) is 5.88 Å². The number of halogens is 1. The molecular formula is C15H16BrN3O2. The highest BCUT2D eigenvalue weighted by Gasteiger charge is 2.11. The topological polar surface area (TPSA) is 54.5 Å². The highest BCUT2D eigenvalue weighted by atomic mass is 79.9. The van der Waals surface area contributed by atoms with Crippen LogP contribution in [0.3, 0.4) is 0 Å². The van der Waals surface area contributed by atoms with E-state index in [1.54, 1.807) is 37.4 Å². The highest BCUT2D eigenvalue weighted by molar-refractivity contribution is 9.10. The maximum atomic E-state index is 12.1. The number of aromatic nitrogens is 1. The minimum atomic E-state index is -0.197. The average molecular weight is 350 g/mol. The number of amides is 2. The number of ether oxygens (including phenoxy) is 1. The predicted molar refractivity (Wildman–Crippen MR) is 85.4 cm³/mol. The van der Waals surface area contributed by atoms with E-state index in [-0.39, 0.29) is 6.03 Å². The lowest BCUT2D eigenvalue weighted by molar-refractivity contribution is 0.220. The summed E-state index contributed by atoms with van der Waals surface area (Å²) in [5, 5.41) is 2.79. The maximum absolute atomic E-state index is 12.1. The van der Waals surface area contributed by atoms with Gasteiger partial charge in [-0.1, -0.05) is 34.1 Å². The van der Waals surface area contributed by atoms with E-state index in [2.05, 4.69) is 26.2 Å². The fourth-order valence-corrected chi connectivity index (χ4v) is 2.16. The van der Waals surface area contributed by atoms with Crippen LogP contribution in [0.25, 0.3) is 0 Å². The van der Waals surface area contributed by atoms with Crippen molar-refractivity contribution in [2.24, 2.45) is 0 Å². The quantitative estimate of drug-likeness (QED) is 0.918. The van der Waals surface area contributed by atoms with E-state index < -0.39 is 0 Å². The maximum Gasteiger partial charge on any atom is 0.321 e. The van der Waals surface area contributed by atoms with Gasteiger partial charge in [-0.05, 0) is 17.7 Å². The molecule has 2 aromatic rings. The van der Waals surface area contributed by atoms with Crippen molar-refractivity contribution >= 4 is 27.6 Å². The third kappa shape index (κ3) is 4.19. The lowest BCUT2D eigenvalue weighted by Gasteiger charge is -2.18. The Kier molecular flexibility index (Phi) is 5.16. The molecule has 0 radical (unpaired) electrons. The molecule has 2 rings (SSSR count). The summed E-state index contributed by atoms with van der Waals surface area (Å²) in [7, 11) is 3.29. The van der Waals surface area contributed by atoms with Gasteiger partial charge in [-0.2, -0.15) is 0 Å². The predicted octanol–water partition coefficient (Wildman–Crippen LogP) is 3.52. The van der Waals surface area contributed by atoms with Crippen molar-refractivity contribution in [3.05, 3.63) is 52.6 Å². The number of benzene rings is 1. The van der Waals surface area contributed by atoms with E-state index in [0.717, 1.165) is 10.0 Å². The third-order valence-electron chi connectivity index (χ3n) is 2.91. The standard InChI is InChI=1S/C15H16BrN3O2/c1-19(10-11-5-3-4-6-13(11)16)15(20)18-12-7-8-14(21-2)17-9-12/h3-9H,10H2,1-2H3,(H,18,20). The van der Waals surface area contributed by atoms with Crippen molar-refractivity contribution in [3.63, 3.8) is 0 Å². The Morgan fingerprint density at radius 3 is 2.71 bits per heavy atom. The molecule has 0 spiro atoms. The zero-order valence-electron chi connectivity index (χ0n) is 11.8. The Balaban J connectivity index is 1.97. The first-order chi connectivity index (χ1) is 10.1. The molecule has 0 saturated carbocycles. The molecule has 0 saturated heterocycles. The zero-order valence-corrected chi connectivity index (χ0v) is 13.4. The molecule has 0 unspecified atom stereocenters. The van der Waals surface area contributed by atoms with Crippen LogP contribution >= 0.6 is 15.9 Å². The molecule has 0 bridgehead atoms. The van der Waals surface area contributed by atoms with Gasteiger partial charge >= 0.3 is 6.03 Å². The van der Waals surface area contributed by atoms with Crippen molar-refractivity contribution < 1.29 is 9.53 Å². The molecule has 1 aromatic heterocycles. The molecule has 21 heavy (non-hydrogen) atoms. The summed E-state index contributed by atoms with van der Waals surface area (Å²) < 4.78 is 5.96. The van der Waals surface area contributed by atoms with Gasteiger partial charge in [0, 0.05) is 24.1 Å². The Hall–Kier alpha value is -2.08. The molecular weight excluding hydrogens is 334 g/mol. The summed E-state index contributed by atoms with van der Waals surface area (Å²) in [6, 6.07) is 11.1. The number of pyridine rings is 1. The summed E-state index contributed by atoms with van der Waals surface area (Å²) in [5.74, 6) is 0.509. The van der Waals surface area contributed by atoms with Crippen LogP contribution in [0.5, 0.6) is 5.88 Å². The molecule has 1 N–H and O–H groups in total. The lowest BCUT2D eigenvalue weighted by atomic mass is 10.2. The van der Waals surface area contributed by atoms with Crippen molar-refractivity contribution in [1.82, 2.24) is 9.88 Å². The van der Waals surface area contributed by atoms with Crippen LogP contribution in [0.1, 0.15) is 5.56 Å². The molecule has 0 aliphatic carbocycles. The minimum Gasteiger partial charge on any atom is -0.481 e. The van der Waals surface area contributed by atoms with E-state index in [0.29, 0.717) is 18.1 Å². The number of nitrogens with one attached hydrogen (secondary N) is 1. The van der Waals surface area contributed by atoms with Gasteiger partial charge in [0.25, 0.3) is 0 Å². The number of hydrogen-bond donors (Lipinski definition) is 1. The average Bonchev–Trinajstić information content (AvgIpc) is 2.50. The number of carbonyl (C=O) groups excluding carboxylic acids is 1. The fraction of sp³-hybridized carbons (Fsp3) is 0.200. The number of anilines is 1. The summed E-state index contributed by atoms with van der Waals surface area (Å²) >= 11 is 3.47. The fourth-order valence-electron chi connectivity index (χ4n) is 1.75. The monoisotopic (exact) mass is 349 g/mol. The summed E-state index contributed by atoms with van der Waals surface area (Å²) in [6.45, 7) is 0.511. The van der Waals surface area contributed by atoms with Gasteiger partial charge in [-0.15, -0.1) is 0 Å². The first-order valence-electron chi connectivity index (χ1n) is 6.35. The van der Waals surface area contributed by atoms with Crippen molar-refractivity contribution in [1.29, 1.82) is 0 Å². The minimum absolute atomic E-state index is 0.197. The van der Waals surface area contributed by atoms with Crippen LogP contribution in [0.4, 0.5) is 10.5 Å². The van der Waals surface area contributed by atoms with E-state index in [9.17, 15) is 4.79 Å². The molecule has 0 aliphatic rings. The second-order valence-electron chi connectivity index (χ2n) is 4.47. The van der Waals surface area contributed by atoms with E-state index in [1.165, 1.54) is 0 Å². The molecule has 0 atom stereocenters. The number of carbonyl (C=O) groups is 1. The van der Waals surface area contributed by atoms with Crippen LogP contribution in [-0.2, 0) is 6.54 Å². The first kappa shape index (κ1) is 15.3. The molecule has 1 aromatic carbocycles. The molecule has 6 heteroatoms. The summed E-state index contributed by atoms with van der Waals surface area (Å²) in [4.78, 5) is 17.8. The Bertz CT molecular complexity index is 617. The van der Waals surface area contributed by atoms with Crippen LogP contribution in [0.15, 0.2) is 47.1 Å². The van der Waals surface area contributed by atoms with Gasteiger partial charge in [0.05, 0.1) is 19.0 Å². The van der Waals surface area contributed by atoms with E-state index in [4.69, 9.17) is 4.74 Å². The number of urea groups is 1. The molecule has 0 fully saturated rings. The Labute approximate surface area is 132 Å².